The molecule has 0 spiro atoms. The first kappa shape index (κ1) is 11.8. The zero-order valence-electron chi connectivity index (χ0n) is 9.03. The predicted molar refractivity (Wildman–Crippen MR) is 72.9 cm³/mol. The molecule has 0 amide bonds. The molecule has 1 aromatic heterocycles. The summed E-state index contributed by atoms with van der Waals surface area (Å²) in [6.45, 7) is 0.978. The molecule has 1 N–H and O–H groups in total. The Labute approximate surface area is 108 Å². The Balaban J connectivity index is 2.18. The smallest absolute Gasteiger partial charge is 0.0943 e. The molecule has 0 aliphatic heterocycles. The Morgan fingerprint density at radius 2 is 2.31 bits per heavy atom. The van der Waals surface area contributed by atoms with Crippen molar-refractivity contribution in [2.75, 3.05) is 13.6 Å². The van der Waals surface area contributed by atoms with E-state index in [4.69, 9.17) is 0 Å². The van der Waals surface area contributed by atoms with E-state index in [0.717, 1.165) is 17.4 Å². The highest BCUT2D eigenvalue weighted by atomic mass is 79.9. The van der Waals surface area contributed by atoms with Crippen molar-refractivity contribution in [2.45, 2.75) is 6.42 Å². The summed E-state index contributed by atoms with van der Waals surface area (Å²) in [5.41, 5.74) is 1.22. The molecule has 0 unspecified atom stereocenters. The van der Waals surface area contributed by atoms with E-state index in [9.17, 15) is 0 Å². The zero-order chi connectivity index (χ0) is 11.4. The van der Waals surface area contributed by atoms with E-state index >= 15 is 0 Å². The van der Waals surface area contributed by atoms with Crippen molar-refractivity contribution < 1.29 is 0 Å². The summed E-state index contributed by atoms with van der Waals surface area (Å²) < 4.78 is 1.11. The monoisotopic (exact) mass is 296 g/mol. The molecule has 0 atom stereocenters. The fourth-order valence-electron chi connectivity index (χ4n) is 1.43. The summed E-state index contributed by atoms with van der Waals surface area (Å²) in [5.74, 6) is 0. The number of nitrogens with one attached hydrogen (secondary N) is 1. The number of halogens is 1. The van der Waals surface area contributed by atoms with Crippen molar-refractivity contribution in [2.24, 2.45) is 0 Å². The third-order valence-electron chi connectivity index (χ3n) is 2.25. The van der Waals surface area contributed by atoms with E-state index in [1.807, 2.05) is 25.4 Å². The molecule has 0 bridgehead atoms. The van der Waals surface area contributed by atoms with Gasteiger partial charge in [-0.2, -0.15) is 0 Å². The molecule has 0 aliphatic carbocycles. The lowest BCUT2D eigenvalue weighted by atomic mass is 10.2. The Morgan fingerprint density at radius 3 is 3.06 bits per heavy atom. The number of thiazole rings is 1. The Bertz CT molecular complexity index is 468. The van der Waals surface area contributed by atoms with Crippen LogP contribution < -0.4 is 5.32 Å². The molecule has 0 radical (unpaired) electrons. The molecule has 16 heavy (non-hydrogen) atoms. The van der Waals surface area contributed by atoms with Crippen molar-refractivity contribution >= 4 is 27.3 Å². The van der Waals surface area contributed by atoms with E-state index in [1.165, 1.54) is 15.4 Å². The SMILES string of the molecule is CNCCc1ncc(-c2cccc(Br)c2)s1. The second-order valence-corrected chi connectivity index (χ2v) is 5.51. The van der Waals surface area contributed by atoms with Gasteiger partial charge >= 0.3 is 0 Å². The molecule has 1 heterocycles. The predicted octanol–water partition coefficient (Wildman–Crippen LogP) is 3.33. The van der Waals surface area contributed by atoms with E-state index in [1.54, 1.807) is 11.3 Å². The van der Waals surface area contributed by atoms with Crippen molar-refractivity contribution in [3.8, 4) is 10.4 Å². The average Bonchev–Trinajstić information content (AvgIpc) is 2.75. The first-order chi connectivity index (χ1) is 7.79. The van der Waals surface area contributed by atoms with Gasteiger partial charge in [-0.15, -0.1) is 11.3 Å². The topological polar surface area (TPSA) is 24.9 Å². The number of nitrogens with zero attached hydrogens (tertiary/aromatic N) is 1. The fourth-order valence-corrected chi connectivity index (χ4v) is 2.75. The van der Waals surface area contributed by atoms with Gasteiger partial charge in [0.2, 0.25) is 0 Å². The van der Waals surface area contributed by atoms with Crippen LogP contribution in [0.2, 0.25) is 0 Å². The third kappa shape index (κ3) is 2.90. The molecule has 2 rings (SSSR count). The van der Waals surface area contributed by atoms with Gasteiger partial charge in [0.15, 0.2) is 0 Å². The van der Waals surface area contributed by atoms with Gasteiger partial charge in [-0.05, 0) is 24.7 Å². The van der Waals surface area contributed by atoms with Gasteiger partial charge in [-0.1, -0.05) is 28.1 Å². The number of hydrogen-bond donors (Lipinski definition) is 1. The normalized spacial score (nSPS) is 10.6. The summed E-state index contributed by atoms with van der Waals surface area (Å²) in [6, 6.07) is 8.31. The van der Waals surface area contributed by atoms with Crippen LogP contribution in [0.1, 0.15) is 5.01 Å². The van der Waals surface area contributed by atoms with Crippen LogP contribution in [-0.4, -0.2) is 18.6 Å². The molecule has 0 saturated heterocycles. The zero-order valence-corrected chi connectivity index (χ0v) is 11.4. The number of likely N-dealkylation sites (N-methyl/N-ethyl adjacent to an activating group) is 1. The average molecular weight is 297 g/mol. The summed E-state index contributed by atoms with van der Waals surface area (Å²) in [7, 11) is 1.96. The van der Waals surface area contributed by atoms with Crippen LogP contribution in [0.5, 0.6) is 0 Å². The molecule has 0 aliphatic rings. The summed E-state index contributed by atoms with van der Waals surface area (Å²) >= 11 is 5.25. The number of aromatic nitrogens is 1. The maximum absolute atomic E-state index is 4.42. The van der Waals surface area contributed by atoms with Gasteiger partial charge < -0.3 is 5.32 Å². The second-order valence-electron chi connectivity index (χ2n) is 3.48. The summed E-state index contributed by atoms with van der Waals surface area (Å²) in [6.07, 6.45) is 2.95. The third-order valence-corrected chi connectivity index (χ3v) is 3.85. The molecule has 2 nitrogen and oxygen atoms in total. The first-order valence-corrected chi connectivity index (χ1v) is 6.76. The molecule has 1 aromatic carbocycles. The van der Waals surface area contributed by atoms with Gasteiger partial charge in [0.1, 0.15) is 0 Å². The minimum atomic E-state index is 0.978. The lowest BCUT2D eigenvalue weighted by Crippen LogP contribution is -2.09. The molecule has 0 fully saturated rings. The molecule has 0 saturated carbocycles. The van der Waals surface area contributed by atoms with E-state index in [-0.39, 0.29) is 0 Å². The van der Waals surface area contributed by atoms with Crippen LogP contribution in [0.4, 0.5) is 0 Å². The fraction of sp³-hybridized carbons (Fsp3) is 0.250. The van der Waals surface area contributed by atoms with Crippen molar-refractivity contribution in [3.63, 3.8) is 0 Å². The number of rotatable bonds is 4. The quantitative estimate of drug-likeness (QED) is 0.936. The van der Waals surface area contributed by atoms with Gasteiger partial charge in [-0.25, -0.2) is 4.98 Å². The van der Waals surface area contributed by atoms with Gasteiger partial charge in [0.05, 0.1) is 9.88 Å². The van der Waals surface area contributed by atoms with Crippen molar-refractivity contribution in [1.29, 1.82) is 0 Å². The Hall–Kier alpha value is -0.710. The maximum atomic E-state index is 4.42. The minimum Gasteiger partial charge on any atom is -0.319 e. The molecule has 84 valence electrons. The van der Waals surface area contributed by atoms with Gasteiger partial charge in [0.25, 0.3) is 0 Å². The standard InChI is InChI=1S/C12H13BrN2S/c1-14-6-5-12-15-8-11(16-12)9-3-2-4-10(13)7-9/h2-4,7-8,14H,5-6H2,1H3. The molecule has 4 heteroatoms. The first-order valence-electron chi connectivity index (χ1n) is 5.15. The Kier molecular flexibility index (Phi) is 4.09. The Morgan fingerprint density at radius 1 is 1.44 bits per heavy atom. The minimum absolute atomic E-state index is 0.978. The molecular formula is C12H13BrN2S. The van der Waals surface area contributed by atoms with Crippen LogP contribution >= 0.6 is 27.3 Å². The summed E-state index contributed by atoms with van der Waals surface area (Å²) in [5, 5.41) is 4.32. The van der Waals surface area contributed by atoms with Gasteiger partial charge in [-0.3, -0.25) is 0 Å². The number of benzene rings is 1. The molecule has 2 aromatic rings. The van der Waals surface area contributed by atoms with E-state index < -0.39 is 0 Å². The highest BCUT2D eigenvalue weighted by Gasteiger charge is 2.04. The maximum Gasteiger partial charge on any atom is 0.0943 e. The van der Waals surface area contributed by atoms with Crippen LogP contribution in [0.15, 0.2) is 34.9 Å². The van der Waals surface area contributed by atoms with Crippen LogP contribution in [-0.2, 0) is 6.42 Å². The lowest BCUT2D eigenvalue weighted by molar-refractivity contribution is 0.787. The second kappa shape index (κ2) is 5.57. The largest absolute Gasteiger partial charge is 0.319 e. The highest BCUT2D eigenvalue weighted by Crippen LogP contribution is 2.28. The molecular weight excluding hydrogens is 284 g/mol. The van der Waals surface area contributed by atoms with Crippen molar-refractivity contribution in [3.05, 3.63) is 39.9 Å². The van der Waals surface area contributed by atoms with E-state index in [2.05, 4.69) is 38.4 Å². The van der Waals surface area contributed by atoms with E-state index in [0.29, 0.717) is 0 Å². The van der Waals surface area contributed by atoms with Crippen LogP contribution in [0.3, 0.4) is 0 Å². The summed E-state index contributed by atoms with van der Waals surface area (Å²) in [4.78, 5) is 5.65. The van der Waals surface area contributed by atoms with Crippen LogP contribution in [0, 0.1) is 0 Å². The van der Waals surface area contributed by atoms with Crippen LogP contribution in [0.25, 0.3) is 10.4 Å². The van der Waals surface area contributed by atoms with Gasteiger partial charge in [0, 0.05) is 23.6 Å². The highest BCUT2D eigenvalue weighted by molar-refractivity contribution is 9.10. The number of hydrogen-bond acceptors (Lipinski definition) is 3. The van der Waals surface area contributed by atoms with Crippen molar-refractivity contribution in [1.82, 2.24) is 10.3 Å². The lowest BCUT2D eigenvalue weighted by Gasteiger charge is -1.97.